The van der Waals surface area contributed by atoms with E-state index in [1.54, 1.807) is 6.26 Å². The van der Waals surface area contributed by atoms with E-state index in [1.807, 2.05) is 18.2 Å². The van der Waals surface area contributed by atoms with E-state index in [-0.39, 0.29) is 5.57 Å². The molecule has 3 N–H and O–H groups in total. The summed E-state index contributed by atoms with van der Waals surface area (Å²) in [6.07, 6.45) is 1.80. The van der Waals surface area contributed by atoms with Crippen molar-refractivity contribution in [2.75, 3.05) is 42.7 Å². The number of nitriles is 1. The van der Waals surface area contributed by atoms with Gasteiger partial charge in [0.25, 0.3) is 5.91 Å². The fourth-order valence-corrected chi connectivity index (χ4v) is 3.39. The first-order valence-electron chi connectivity index (χ1n) is 8.30. The van der Waals surface area contributed by atoms with Crippen LogP contribution in [0.25, 0.3) is 0 Å². The SMILES string of the molecule is CS/C(Nc1ccc(N2CCN(C(C)C)CC2)cc1)=C(\C#N)C(N)=O. The maximum Gasteiger partial charge on any atom is 0.262 e. The number of thioether (sulfide) groups is 1. The Morgan fingerprint density at radius 1 is 1.24 bits per heavy atom. The molecular weight excluding hydrogens is 334 g/mol. The minimum atomic E-state index is -0.723. The third-order valence-electron chi connectivity index (χ3n) is 4.32. The lowest BCUT2D eigenvalue weighted by Crippen LogP contribution is -2.48. The van der Waals surface area contributed by atoms with Gasteiger partial charge < -0.3 is 16.0 Å². The van der Waals surface area contributed by atoms with Crippen LogP contribution in [-0.4, -0.2) is 49.3 Å². The fraction of sp³-hybridized carbons (Fsp3) is 0.444. The first-order chi connectivity index (χ1) is 12.0. The largest absolute Gasteiger partial charge is 0.369 e. The van der Waals surface area contributed by atoms with Gasteiger partial charge in [-0.2, -0.15) is 5.26 Å². The van der Waals surface area contributed by atoms with Crippen molar-refractivity contribution in [3.05, 3.63) is 34.9 Å². The molecule has 6 nitrogen and oxygen atoms in total. The van der Waals surface area contributed by atoms with Gasteiger partial charge in [-0.25, -0.2) is 0 Å². The van der Waals surface area contributed by atoms with Crippen molar-refractivity contribution in [1.82, 2.24) is 4.90 Å². The number of nitrogens with one attached hydrogen (secondary N) is 1. The molecule has 1 heterocycles. The summed E-state index contributed by atoms with van der Waals surface area (Å²) in [7, 11) is 0. The van der Waals surface area contributed by atoms with E-state index in [0.717, 1.165) is 31.9 Å². The Kier molecular flexibility index (Phi) is 6.73. The summed E-state index contributed by atoms with van der Waals surface area (Å²) in [6, 6.07) is 10.5. The van der Waals surface area contributed by atoms with Gasteiger partial charge in [0.1, 0.15) is 11.6 Å². The molecule has 0 aromatic heterocycles. The number of nitrogens with zero attached hydrogens (tertiary/aromatic N) is 3. The lowest BCUT2D eigenvalue weighted by atomic mass is 10.2. The number of hydrogen-bond donors (Lipinski definition) is 2. The molecule has 1 aliphatic rings. The van der Waals surface area contributed by atoms with E-state index in [9.17, 15) is 4.79 Å². The molecule has 7 heteroatoms. The number of hydrogen-bond acceptors (Lipinski definition) is 6. The van der Waals surface area contributed by atoms with E-state index in [1.165, 1.54) is 17.4 Å². The van der Waals surface area contributed by atoms with Crippen LogP contribution in [-0.2, 0) is 4.79 Å². The van der Waals surface area contributed by atoms with Gasteiger partial charge in [0.2, 0.25) is 0 Å². The number of carbonyl (C=O) groups excluding carboxylic acids is 1. The van der Waals surface area contributed by atoms with E-state index in [2.05, 4.69) is 41.1 Å². The fourth-order valence-electron chi connectivity index (χ4n) is 2.82. The second-order valence-corrected chi connectivity index (χ2v) is 6.99. The number of benzene rings is 1. The first kappa shape index (κ1) is 19.2. The van der Waals surface area contributed by atoms with Crippen LogP contribution in [0.3, 0.4) is 0 Å². The van der Waals surface area contributed by atoms with Gasteiger partial charge in [-0.15, -0.1) is 11.8 Å². The first-order valence-corrected chi connectivity index (χ1v) is 9.53. The normalized spacial score (nSPS) is 16.4. The molecule has 134 valence electrons. The average Bonchev–Trinajstić information content (AvgIpc) is 2.61. The maximum atomic E-state index is 11.3. The Morgan fingerprint density at radius 3 is 2.28 bits per heavy atom. The molecule has 0 saturated carbocycles. The van der Waals surface area contributed by atoms with Gasteiger partial charge in [0, 0.05) is 43.6 Å². The Morgan fingerprint density at radius 2 is 1.84 bits per heavy atom. The van der Waals surface area contributed by atoms with Crippen LogP contribution in [0, 0.1) is 11.3 Å². The summed E-state index contributed by atoms with van der Waals surface area (Å²) in [5.74, 6) is -0.723. The lowest BCUT2D eigenvalue weighted by molar-refractivity contribution is -0.114. The van der Waals surface area contributed by atoms with Gasteiger partial charge in [0.05, 0.1) is 5.03 Å². The maximum absolute atomic E-state index is 11.3. The highest BCUT2D eigenvalue weighted by molar-refractivity contribution is 8.02. The third kappa shape index (κ3) is 4.91. The standard InChI is InChI=1S/C18H25N5OS/c1-13(2)22-8-10-23(11-9-22)15-6-4-14(5-7-15)21-18(25-3)16(12-19)17(20)24/h4-7,13,21H,8-11H2,1-3H3,(H2,20,24)/b18-16+. The van der Waals surface area contributed by atoms with Crippen molar-refractivity contribution >= 4 is 29.0 Å². The molecule has 25 heavy (non-hydrogen) atoms. The molecule has 2 rings (SSSR count). The van der Waals surface area contributed by atoms with Crippen LogP contribution in [0.2, 0.25) is 0 Å². The topological polar surface area (TPSA) is 85.4 Å². The van der Waals surface area contributed by atoms with Crippen molar-refractivity contribution < 1.29 is 4.79 Å². The van der Waals surface area contributed by atoms with Crippen molar-refractivity contribution in [2.45, 2.75) is 19.9 Å². The van der Waals surface area contributed by atoms with Gasteiger partial charge in [-0.3, -0.25) is 9.69 Å². The molecule has 1 amide bonds. The van der Waals surface area contributed by atoms with E-state index >= 15 is 0 Å². The summed E-state index contributed by atoms with van der Waals surface area (Å²) in [5, 5.41) is 12.6. The second kappa shape index (κ2) is 8.79. The van der Waals surface area contributed by atoms with Gasteiger partial charge in [-0.05, 0) is 44.4 Å². The van der Waals surface area contributed by atoms with Crippen molar-refractivity contribution in [3.63, 3.8) is 0 Å². The predicted octanol–water partition coefficient (Wildman–Crippen LogP) is 2.21. The number of anilines is 2. The minimum Gasteiger partial charge on any atom is -0.369 e. The Balaban J connectivity index is 2.05. The van der Waals surface area contributed by atoms with Crippen molar-refractivity contribution in [3.8, 4) is 6.07 Å². The van der Waals surface area contributed by atoms with E-state index < -0.39 is 5.91 Å². The number of primary amides is 1. The van der Waals surface area contributed by atoms with Gasteiger partial charge in [-0.1, -0.05) is 0 Å². The molecule has 0 unspecified atom stereocenters. The number of carbonyl (C=O) groups is 1. The molecule has 0 aliphatic carbocycles. The van der Waals surface area contributed by atoms with Crippen LogP contribution in [0.15, 0.2) is 34.9 Å². The van der Waals surface area contributed by atoms with Crippen molar-refractivity contribution in [2.24, 2.45) is 5.73 Å². The molecule has 0 atom stereocenters. The molecule has 1 aromatic rings. The zero-order valence-electron chi connectivity index (χ0n) is 15.0. The van der Waals surface area contributed by atoms with Crippen LogP contribution < -0.4 is 16.0 Å². The number of piperazine rings is 1. The van der Waals surface area contributed by atoms with Gasteiger partial charge in [0.15, 0.2) is 0 Å². The second-order valence-electron chi connectivity index (χ2n) is 6.17. The van der Waals surface area contributed by atoms with E-state index in [0.29, 0.717) is 11.1 Å². The highest BCUT2D eigenvalue weighted by Gasteiger charge is 2.19. The highest BCUT2D eigenvalue weighted by atomic mass is 32.2. The molecule has 0 radical (unpaired) electrons. The summed E-state index contributed by atoms with van der Waals surface area (Å²) >= 11 is 1.29. The quantitative estimate of drug-likeness (QED) is 0.598. The molecule has 1 aliphatic heterocycles. The minimum absolute atomic E-state index is 0.0543. The zero-order valence-corrected chi connectivity index (χ0v) is 15.8. The van der Waals surface area contributed by atoms with Crippen LogP contribution >= 0.6 is 11.8 Å². The summed E-state index contributed by atoms with van der Waals surface area (Å²) in [4.78, 5) is 16.2. The highest BCUT2D eigenvalue weighted by Crippen LogP contribution is 2.24. The number of amides is 1. The lowest BCUT2D eigenvalue weighted by Gasteiger charge is -2.38. The van der Waals surface area contributed by atoms with Crippen LogP contribution in [0.5, 0.6) is 0 Å². The van der Waals surface area contributed by atoms with Crippen LogP contribution in [0.1, 0.15) is 13.8 Å². The van der Waals surface area contributed by atoms with Gasteiger partial charge >= 0.3 is 0 Å². The molecule has 0 bridgehead atoms. The average molecular weight is 359 g/mol. The third-order valence-corrected chi connectivity index (χ3v) is 5.04. The zero-order chi connectivity index (χ0) is 18.4. The molecule has 1 aromatic carbocycles. The summed E-state index contributed by atoms with van der Waals surface area (Å²) in [5.41, 5.74) is 7.20. The molecule has 0 spiro atoms. The number of nitrogens with two attached hydrogens (primary N) is 1. The Bertz CT molecular complexity index is 670. The van der Waals surface area contributed by atoms with Crippen molar-refractivity contribution in [1.29, 1.82) is 5.26 Å². The Labute approximate surface area is 153 Å². The monoisotopic (exact) mass is 359 g/mol. The molecular formula is C18H25N5OS. The predicted molar refractivity (Wildman–Crippen MR) is 104 cm³/mol. The van der Waals surface area contributed by atoms with Crippen LogP contribution in [0.4, 0.5) is 11.4 Å². The number of rotatable bonds is 6. The smallest absolute Gasteiger partial charge is 0.262 e. The summed E-state index contributed by atoms with van der Waals surface area (Å²) < 4.78 is 0. The summed E-state index contributed by atoms with van der Waals surface area (Å²) in [6.45, 7) is 8.63. The van der Waals surface area contributed by atoms with E-state index in [4.69, 9.17) is 11.0 Å². The molecule has 1 saturated heterocycles. The Hall–Kier alpha value is -2.17. The molecule has 1 fully saturated rings.